The number of hydrogen-bond acceptors (Lipinski definition) is 1. The topological polar surface area (TPSA) is 9.23 Å². The Balaban J connectivity index is 0. The minimum atomic E-state index is 0. The number of rotatable bonds is 4. The minimum Gasteiger partial charge on any atom is -1.00 e. The molecule has 0 aliphatic rings. The Morgan fingerprint density at radius 2 is 2.07 bits per heavy atom. The summed E-state index contributed by atoms with van der Waals surface area (Å²) in [5.74, 6) is 1.55. The van der Waals surface area contributed by atoms with Gasteiger partial charge >= 0.3 is 23.1 Å². The molecule has 0 saturated carbocycles. The van der Waals surface area contributed by atoms with E-state index < -0.39 is 0 Å². The SMILES string of the molecule is CC(C)CCOc1[c-]cccc1.[Br-].[Mg+2]. The van der Waals surface area contributed by atoms with Gasteiger partial charge in [0.2, 0.25) is 0 Å². The van der Waals surface area contributed by atoms with Gasteiger partial charge in [-0.05, 0) is 12.3 Å². The second-order valence-corrected chi connectivity index (χ2v) is 3.26. The molecule has 3 heteroatoms. The molecule has 1 rings (SSSR count). The fourth-order valence-electron chi connectivity index (χ4n) is 0.871. The summed E-state index contributed by atoms with van der Waals surface area (Å²) >= 11 is 0. The molecule has 0 unspecified atom stereocenters. The number of para-hydroxylation sites is 1. The van der Waals surface area contributed by atoms with E-state index in [9.17, 15) is 0 Å². The summed E-state index contributed by atoms with van der Waals surface area (Å²) in [7, 11) is 0. The summed E-state index contributed by atoms with van der Waals surface area (Å²) in [5, 5.41) is 0. The number of halogens is 1. The second kappa shape index (κ2) is 9.81. The quantitative estimate of drug-likeness (QED) is 0.530. The van der Waals surface area contributed by atoms with Crippen molar-refractivity contribution in [2.24, 2.45) is 5.92 Å². The van der Waals surface area contributed by atoms with Crippen LogP contribution in [0.2, 0.25) is 0 Å². The van der Waals surface area contributed by atoms with Gasteiger partial charge in [-0.1, -0.05) is 13.8 Å². The van der Waals surface area contributed by atoms with Gasteiger partial charge in [-0.25, -0.2) is 0 Å². The monoisotopic (exact) mass is 266 g/mol. The molecule has 0 atom stereocenters. The van der Waals surface area contributed by atoms with Crippen LogP contribution in [-0.2, 0) is 0 Å². The van der Waals surface area contributed by atoms with Gasteiger partial charge in [-0.3, -0.25) is 0 Å². The number of benzene rings is 1. The molecule has 0 aromatic heterocycles. The molecule has 0 heterocycles. The predicted molar refractivity (Wildman–Crippen MR) is 56.0 cm³/mol. The van der Waals surface area contributed by atoms with Gasteiger partial charge in [0.1, 0.15) is 0 Å². The molecule has 0 spiro atoms. The third-order valence-electron chi connectivity index (χ3n) is 1.63. The van der Waals surface area contributed by atoms with Crippen molar-refractivity contribution < 1.29 is 21.7 Å². The van der Waals surface area contributed by atoms with Crippen molar-refractivity contribution in [1.82, 2.24) is 0 Å². The minimum absolute atomic E-state index is 0. The van der Waals surface area contributed by atoms with Crippen LogP contribution < -0.4 is 21.7 Å². The van der Waals surface area contributed by atoms with E-state index in [0.29, 0.717) is 5.92 Å². The van der Waals surface area contributed by atoms with Crippen LogP contribution in [0.4, 0.5) is 0 Å². The van der Waals surface area contributed by atoms with E-state index in [1.165, 1.54) is 0 Å². The normalized spacial score (nSPS) is 8.79. The molecule has 14 heavy (non-hydrogen) atoms. The molecule has 0 aliphatic carbocycles. The van der Waals surface area contributed by atoms with Gasteiger partial charge in [0.15, 0.2) is 0 Å². The van der Waals surface area contributed by atoms with Gasteiger partial charge < -0.3 is 21.7 Å². The molecule has 0 radical (unpaired) electrons. The zero-order valence-corrected chi connectivity index (χ0v) is 11.8. The summed E-state index contributed by atoms with van der Waals surface area (Å²) in [6, 6.07) is 10.7. The van der Waals surface area contributed by atoms with Crippen molar-refractivity contribution >= 4 is 23.1 Å². The summed E-state index contributed by atoms with van der Waals surface area (Å²) < 4.78 is 5.46. The Morgan fingerprint density at radius 1 is 1.36 bits per heavy atom. The Bertz CT molecular complexity index is 214. The molecule has 0 N–H and O–H groups in total. The Hall–Kier alpha value is 0.266. The van der Waals surface area contributed by atoms with Crippen molar-refractivity contribution in [2.75, 3.05) is 6.61 Å². The molecular weight excluding hydrogens is 252 g/mol. The van der Waals surface area contributed by atoms with Crippen LogP contribution >= 0.6 is 0 Å². The van der Waals surface area contributed by atoms with Crippen LogP contribution in [0.15, 0.2) is 24.3 Å². The molecule has 74 valence electrons. The van der Waals surface area contributed by atoms with E-state index in [1.54, 1.807) is 0 Å². The first-order valence-corrected chi connectivity index (χ1v) is 4.38. The molecule has 1 aromatic rings. The van der Waals surface area contributed by atoms with E-state index in [4.69, 9.17) is 4.74 Å². The van der Waals surface area contributed by atoms with Crippen LogP contribution in [0.5, 0.6) is 5.75 Å². The number of ether oxygens (including phenoxy) is 1. The van der Waals surface area contributed by atoms with E-state index >= 15 is 0 Å². The third-order valence-corrected chi connectivity index (χ3v) is 1.63. The van der Waals surface area contributed by atoms with Crippen molar-refractivity contribution in [3.8, 4) is 5.75 Å². The largest absolute Gasteiger partial charge is 2.00 e. The maximum atomic E-state index is 5.46. The molecule has 0 fully saturated rings. The van der Waals surface area contributed by atoms with Crippen molar-refractivity contribution in [1.29, 1.82) is 0 Å². The van der Waals surface area contributed by atoms with Crippen molar-refractivity contribution in [3.05, 3.63) is 30.3 Å². The summed E-state index contributed by atoms with van der Waals surface area (Å²) in [6.07, 6.45) is 1.10. The van der Waals surface area contributed by atoms with Gasteiger partial charge in [-0.2, -0.15) is 18.2 Å². The van der Waals surface area contributed by atoms with E-state index in [2.05, 4.69) is 19.9 Å². The molecule has 0 saturated heterocycles. The third kappa shape index (κ3) is 7.65. The molecule has 0 bridgehead atoms. The van der Waals surface area contributed by atoms with Crippen molar-refractivity contribution in [3.63, 3.8) is 0 Å². The molecule has 1 nitrogen and oxygen atoms in total. The summed E-state index contributed by atoms with van der Waals surface area (Å²) in [6.45, 7) is 5.17. The average molecular weight is 267 g/mol. The van der Waals surface area contributed by atoms with E-state index in [0.717, 1.165) is 18.8 Å². The summed E-state index contributed by atoms with van der Waals surface area (Å²) in [4.78, 5) is 0. The second-order valence-electron chi connectivity index (χ2n) is 3.26. The number of hydrogen-bond donors (Lipinski definition) is 0. The van der Waals surface area contributed by atoms with Gasteiger partial charge in [0.25, 0.3) is 0 Å². The van der Waals surface area contributed by atoms with E-state index in [1.807, 2.05) is 24.3 Å². The Kier molecular flexibility index (Phi) is 11.7. The maximum Gasteiger partial charge on any atom is 2.00 e. The molecule has 0 amide bonds. The van der Waals surface area contributed by atoms with Crippen LogP contribution in [-0.4, -0.2) is 29.7 Å². The molecular formula is C11H15BrMgO. The fourth-order valence-corrected chi connectivity index (χ4v) is 0.871. The van der Waals surface area contributed by atoms with Gasteiger partial charge in [0, 0.05) is 5.75 Å². The van der Waals surface area contributed by atoms with Crippen LogP contribution in [0.1, 0.15) is 20.3 Å². The van der Waals surface area contributed by atoms with Crippen LogP contribution in [0.25, 0.3) is 0 Å². The first-order valence-electron chi connectivity index (χ1n) is 4.38. The van der Waals surface area contributed by atoms with Crippen molar-refractivity contribution in [2.45, 2.75) is 20.3 Å². The van der Waals surface area contributed by atoms with E-state index in [-0.39, 0.29) is 40.0 Å². The smallest absolute Gasteiger partial charge is 1.00 e. The zero-order valence-electron chi connectivity index (χ0n) is 8.79. The first kappa shape index (κ1) is 16.7. The van der Waals surface area contributed by atoms with Gasteiger partial charge in [-0.15, -0.1) is 12.1 Å². The van der Waals surface area contributed by atoms with Crippen LogP contribution in [0.3, 0.4) is 0 Å². The predicted octanol–water partition coefficient (Wildman–Crippen LogP) is -0.465. The molecule has 0 aliphatic heterocycles. The zero-order chi connectivity index (χ0) is 8.81. The fraction of sp³-hybridized carbons (Fsp3) is 0.455. The average Bonchev–Trinajstić information content (AvgIpc) is 2.05. The molecule has 1 aromatic carbocycles. The first-order chi connectivity index (χ1) is 5.79. The standard InChI is InChI=1S/C11H15O.BrH.Mg/c1-10(2)8-9-12-11-6-4-3-5-7-11;;/h3-6,10H,8-9H2,1-2H3;1H;/q-1;;+2/p-1. The Labute approximate surface area is 113 Å². The van der Waals surface area contributed by atoms with Gasteiger partial charge in [0.05, 0.1) is 6.61 Å². The maximum absolute atomic E-state index is 5.46. The Morgan fingerprint density at radius 3 is 2.57 bits per heavy atom. The van der Waals surface area contributed by atoms with Crippen LogP contribution in [0, 0.1) is 12.0 Å². The summed E-state index contributed by atoms with van der Waals surface area (Å²) in [5.41, 5.74) is 0.